The Kier molecular flexibility index (Phi) is 3.87. The molecular formula is C14H17BrFNO. The van der Waals surface area contributed by atoms with Crippen molar-refractivity contribution in [2.24, 2.45) is 11.1 Å². The number of hydrogen-bond acceptors (Lipinski definition) is 2. The Morgan fingerprint density at radius 2 is 2.28 bits per heavy atom. The maximum Gasteiger partial charge on any atom is 0.144 e. The first-order valence-corrected chi connectivity index (χ1v) is 6.95. The van der Waals surface area contributed by atoms with Gasteiger partial charge in [0.1, 0.15) is 11.6 Å². The van der Waals surface area contributed by atoms with Crippen LogP contribution in [-0.2, 0) is 11.2 Å². The molecule has 4 heteroatoms. The van der Waals surface area contributed by atoms with E-state index in [-0.39, 0.29) is 24.1 Å². The Labute approximate surface area is 115 Å². The minimum absolute atomic E-state index is 0.0676. The van der Waals surface area contributed by atoms with E-state index in [1.807, 2.05) is 6.92 Å². The van der Waals surface area contributed by atoms with Crippen molar-refractivity contribution < 1.29 is 9.18 Å². The number of carbonyl (C=O) groups excluding carboxylic acids is 1. The third-order valence-electron chi connectivity index (χ3n) is 3.95. The summed E-state index contributed by atoms with van der Waals surface area (Å²) in [7, 11) is 0. The fraction of sp³-hybridized carbons (Fsp3) is 0.500. The monoisotopic (exact) mass is 313 g/mol. The largest absolute Gasteiger partial charge is 0.327 e. The van der Waals surface area contributed by atoms with Crippen molar-refractivity contribution in [3.8, 4) is 0 Å². The van der Waals surface area contributed by atoms with E-state index < -0.39 is 5.41 Å². The molecule has 2 unspecified atom stereocenters. The highest BCUT2D eigenvalue weighted by Crippen LogP contribution is 2.38. The zero-order valence-corrected chi connectivity index (χ0v) is 12.0. The zero-order chi connectivity index (χ0) is 13.3. The average molecular weight is 314 g/mol. The second-order valence-electron chi connectivity index (χ2n) is 5.29. The van der Waals surface area contributed by atoms with Crippen LogP contribution in [0.15, 0.2) is 22.7 Å². The van der Waals surface area contributed by atoms with Gasteiger partial charge in [0.25, 0.3) is 0 Å². The standard InChI is InChI=1S/C14H17BrFNO/c1-14(4-2-3-12(14)17)13(18)7-9-5-10(15)8-11(16)6-9/h5-6,8,12H,2-4,7,17H2,1H3. The lowest BCUT2D eigenvalue weighted by molar-refractivity contribution is -0.127. The van der Waals surface area contributed by atoms with Gasteiger partial charge in [-0.2, -0.15) is 0 Å². The van der Waals surface area contributed by atoms with Crippen LogP contribution in [0.1, 0.15) is 31.7 Å². The van der Waals surface area contributed by atoms with Crippen LogP contribution in [0.3, 0.4) is 0 Å². The highest BCUT2D eigenvalue weighted by molar-refractivity contribution is 9.10. The van der Waals surface area contributed by atoms with E-state index in [1.54, 1.807) is 6.07 Å². The van der Waals surface area contributed by atoms with Crippen LogP contribution in [0, 0.1) is 11.2 Å². The third kappa shape index (κ3) is 2.64. The molecule has 2 atom stereocenters. The van der Waals surface area contributed by atoms with Crippen molar-refractivity contribution in [1.29, 1.82) is 0 Å². The minimum Gasteiger partial charge on any atom is -0.327 e. The fourth-order valence-corrected chi connectivity index (χ4v) is 3.15. The van der Waals surface area contributed by atoms with Gasteiger partial charge in [0.2, 0.25) is 0 Å². The van der Waals surface area contributed by atoms with E-state index in [4.69, 9.17) is 5.73 Å². The van der Waals surface area contributed by atoms with Gasteiger partial charge in [0.15, 0.2) is 0 Å². The molecule has 2 nitrogen and oxygen atoms in total. The van der Waals surface area contributed by atoms with Gasteiger partial charge < -0.3 is 5.73 Å². The minimum atomic E-state index is -0.446. The van der Waals surface area contributed by atoms with Crippen molar-refractivity contribution in [1.82, 2.24) is 0 Å². The molecule has 18 heavy (non-hydrogen) atoms. The van der Waals surface area contributed by atoms with Gasteiger partial charge in [0, 0.05) is 22.4 Å². The number of ketones is 1. The molecule has 1 aliphatic rings. The number of hydrogen-bond donors (Lipinski definition) is 1. The van der Waals surface area contributed by atoms with E-state index in [0.29, 0.717) is 10.0 Å². The van der Waals surface area contributed by atoms with Crippen molar-refractivity contribution >= 4 is 21.7 Å². The summed E-state index contributed by atoms with van der Waals surface area (Å²) in [5.74, 6) is -0.210. The first kappa shape index (κ1) is 13.7. The number of carbonyl (C=O) groups is 1. The maximum absolute atomic E-state index is 13.3. The van der Waals surface area contributed by atoms with E-state index in [0.717, 1.165) is 19.3 Å². The van der Waals surface area contributed by atoms with Crippen LogP contribution in [0.5, 0.6) is 0 Å². The van der Waals surface area contributed by atoms with E-state index in [1.165, 1.54) is 12.1 Å². The molecule has 0 heterocycles. The third-order valence-corrected chi connectivity index (χ3v) is 4.41. The van der Waals surface area contributed by atoms with Gasteiger partial charge in [-0.25, -0.2) is 4.39 Å². The molecular weight excluding hydrogens is 297 g/mol. The summed E-state index contributed by atoms with van der Waals surface area (Å²) in [6.07, 6.45) is 2.98. The van der Waals surface area contributed by atoms with Gasteiger partial charge in [-0.05, 0) is 36.6 Å². The lowest BCUT2D eigenvalue weighted by Gasteiger charge is -2.27. The van der Waals surface area contributed by atoms with Crippen molar-refractivity contribution in [3.05, 3.63) is 34.1 Å². The van der Waals surface area contributed by atoms with Crippen LogP contribution in [0.4, 0.5) is 4.39 Å². The van der Waals surface area contributed by atoms with Crippen LogP contribution in [-0.4, -0.2) is 11.8 Å². The molecule has 2 N–H and O–H groups in total. The van der Waals surface area contributed by atoms with E-state index in [9.17, 15) is 9.18 Å². The van der Waals surface area contributed by atoms with Crippen LogP contribution < -0.4 is 5.73 Å². The second-order valence-corrected chi connectivity index (χ2v) is 6.21. The Morgan fingerprint density at radius 1 is 1.56 bits per heavy atom. The van der Waals surface area contributed by atoms with Crippen LogP contribution in [0.25, 0.3) is 0 Å². The molecule has 0 bridgehead atoms. The van der Waals surface area contributed by atoms with Crippen molar-refractivity contribution in [2.75, 3.05) is 0 Å². The van der Waals surface area contributed by atoms with E-state index in [2.05, 4.69) is 15.9 Å². The molecule has 1 aromatic carbocycles. The molecule has 0 aromatic heterocycles. The van der Waals surface area contributed by atoms with Crippen LogP contribution in [0.2, 0.25) is 0 Å². The Morgan fingerprint density at radius 3 is 2.83 bits per heavy atom. The molecule has 0 amide bonds. The normalized spacial score (nSPS) is 27.4. The topological polar surface area (TPSA) is 43.1 Å². The molecule has 98 valence electrons. The molecule has 0 saturated heterocycles. The fourth-order valence-electron chi connectivity index (χ4n) is 2.64. The first-order chi connectivity index (χ1) is 8.41. The molecule has 0 radical (unpaired) electrons. The van der Waals surface area contributed by atoms with Gasteiger partial charge >= 0.3 is 0 Å². The summed E-state index contributed by atoms with van der Waals surface area (Å²) < 4.78 is 13.9. The second kappa shape index (κ2) is 5.10. The van der Waals surface area contributed by atoms with Gasteiger partial charge in [-0.3, -0.25) is 4.79 Å². The highest BCUT2D eigenvalue weighted by atomic mass is 79.9. The summed E-state index contributed by atoms with van der Waals surface area (Å²) >= 11 is 3.24. The molecule has 1 saturated carbocycles. The number of rotatable bonds is 3. The average Bonchev–Trinajstić information content (AvgIpc) is 2.59. The summed E-state index contributed by atoms with van der Waals surface area (Å²) in [6.45, 7) is 1.93. The van der Waals surface area contributed by atoms with Gasteiger partial charge in [0.05, 0.1) is 0 Å². The molecule has 0 aliphatic heterocycles. The number of Topliss-reactive ketones (excluding diaryl/α,β-unsaturated/α-hetero) is 1. The maximum atomic E-state index is 13.3. The predicted molar refractivity (Wildman–Crippen MR) is 72.7 cm³/mol. The molecule has 1 aromatic rings. The van der Waals surface area contributed by atoms with Gasteiger partial charge in [-0.15, -0.1) is 0 Å². The Bertz CT molecular complexity index is 457. The molecule has 1 aliphatic carbocycles. The van der Waals surface area contributed by atoms with Crippen LogP contribution >= 0.6 is 15.9 Å². The summed E-state index contributed by atoms with van der Waals surface area (Å²) in [4.78, 5) is 12.4. The number of halogens is 2. The van der Waals surface area contributed by atoms with Crippen molar-refractivity contribution in [2.45, 2.75) is 38.6 Å². The number of nitrogens with two attached hydrogens (primary N) is 1. The predicted octanol–water partition coefficient (Wildman–Crippen LogP) is 3.22. The smallest absolute Gasteiger partial charge is 0.144 e. The SMILES string of the molecule is CC1(C(=O)Cc2cc(F)cc(Br)c2)CCCC1N. The Hall–Kier alpha value is -0.740. The zero-order valence-electron chi connectivity index (χ0n) is 10.4. The molecule has 2 rings (SSSR count). The summed E-state index contributed by atoms with van der Waals surface area (Å²) in [5.41, 5.74) is 6.28. The molecule has 1 fully saturated rings. The lowest BCUT2D eigenvalue weighted by Crippen LogP contribution is -2.41. The highest BCUT2D eigenvalue weighted by Gasteiger charge is 2.42. The molecule has 0 spiro atoms. The van der Waals surface area contributed by atoms with Gasteiger partial charge in [-0.1, -0.05) is 29.3 Å². The van der Waals surface area contributed by atoms with E-state index >= 15 is 0 Å². The lowest BCUT2D eigenvalue weighted by atomic mass is 9.78. The quantitative estimate of drug-likeness (QED) is 0.931. The van der Waals surface area contributed by atoms with Crippen molar-refractivity contribution in [3.63, 3.8) is 0 Å². The summed E-state index contributed by atoms with van der Waals surface area (Å²) in [5, 5.41) is 0. The Balaban J connectivity index is 2.16. The summed E-state index contributed by atoms with van der Waals surface area (Å²) in [6, 6.07) is 4.51. The first-order valence-electron chi connectivity index (χ1n) is 6.16. The number of benzene rings is 1.